The number of carbonyl (C=O) groups is 3. The number of amides is 4. The number of carbonyl (C=O) groups excluding carboxylic acids is 3. The third kappa shape index (κ3) is 4.46. The smallest absolute Gasteiger partial charge is 0.326 e. The Bertz CT molecular complexity index is 919. The number of rotatable bonds is 6. The van der Waals surface area contributed by atoms with E-state index in [9.17, 15) is 22.8 Å². The third-order valence-electron chi connectivity index (χ3n) is 5.21. The Hall–Kier alpha value is -1.98. The van der Waals surface area contributed by atoms with Gasteiger partial charge in [-0.2, -0.15) is 4.31 Å². The Kier molecular flexibility index (Phi) is 6.30. The summed E-state index contributed by atoms with van der Waals surface area (Å²) in [6.45, 7) is 5.18. The van der Waals surface area contributed by atoms with Crippen molar-refractivity contribution < 1.29 is 22.8 Å². The van der Waals surface area contributed by atoms with Crippen molar-refractivity contribution in [3.8, 4) is 0 Å². The van der Waals surface area contributed by atoms with Gasteiger partial charge in [-0.15, -0.1) is 11.3 Å². The number of hydrogen-bond acceptors (Lipinski definition) is 6. The standard InChI is InChI=1S/C18H26N4O5S2/c1-13-11-15(14(2)28-13)29(26,27)21-9-7-20(8-10-21)16(23)5-4-6-22-17(24)12-19(3)18(22)25/h11H,4-10,12H2,1-3H3. The van der Waals surface area contributed by atoms with Crippen molar-refractivity contribution in [2.75, 3.05) is 46.3 Å². The topological polar surface area (TPSA) is 98.3 Å². The first-order valence-corrected chi connectivity index (χ1v) is 11.8. The largest absolute Gasteiger partial charge is 0.340 e. The number of aryl methyl sites for hydroxylation is 2. The van der Waals surface area contributed by atoms with Crippen molar-refractivity contribution in [2.24, 2.45) is 0 Å². The van der Waals surface area contributed by atoms with Crippen LogP contribution in [0.15, 0.2) is 11.0 Å². The Labute approximate surface area is 174 Å². The first-order valence-electron chi connectivity index (χ1n) is 9.51. The fraction of sp³-hybridized carbons (Fsp3) is 0.611. The zero-order valence-corrected chi connectivity index (χ0v) is 18.5. The molecule has 0 radical (unpaired) electrons. The Morgan fingerprint density at radius 2 is 1.79 bits per heavy atom. The summed E-state index contributed by atoms with van der Waals surface area (Å²) < 4.78 is 27.2. The highest BCUT2D eigenvalue weighted by Crippen LogP contribution is 2.28. The van der Waals surface area contributed by atoms with Crippen LogP contribution in [0, 0.1) is 13.8 Å². The molecule has 0 aromatic carbocycles. The predicted molar refractivity (Wildman–Crippen MR) is 108 cm³/mol. The molecule has 0 saturated carbocycles. The van der Waals surface area contributed by atoms with Gasteiger partial charge in [0.05, 0.1) is 4.90 Å². The summed E-state index contributed by atoms with van der Waals surface area (Å²) in [7, 11) is -1.98. The summed E-state index contributed by atoms with van der Waals surface area (Å²) in [5, 5.41) is 0. The molecule has 2 saturated heterocycles. The molecule has 2 aliphatic rings. The number of hydrogen-bond donors (Lipinski definition) is 0. The second-order valence-corrected chi connectivity index (χ2v) is 10.7. The highest BCUT2D eigenvalue weighted by Gasteiger charge is 2.34. The highest BCUT2D eigenvalue weighted by molar-refractivity contribution is 7.89. The SMILES string of the molecule is Cc1cc(S(=O)(=O)N2CCN(C(=O)CCCN3C(=O)CN(C)C3=O)CC2)c(C)s1. The summed E-state index contributed by atoms with van der Waals surface area (Å²) >= 11 is 1.46. The first kappa shape index (κ1) is 21.7. The number of likely N-dealkylation sites (N-methyl/N-ethyl adjacent to an activating group) is 1. The molecule has 1 aromatic heterocycles. The molecule has 0 aliphatic carbocycles. The number of urea groups is 1. The van der Waals surface area contributed by atoms with Gasteiger partial charge in [0.2, 0.25) is 21.8 Å². The van der Waals surface area contributed by atoms with Crippen molar-refractivity contribution in [1.82, 2.24) is 19.0 Å². The van der Waals surface area contributed by atoms with Crippen LogP contribution in [0.25, 0.3) is 0 Å². The van der Waals surface area contributed by atoms with E-state index in [-0.39, 0.29) is 50.4 Å². The Morgan fingerprint density at radius 3 is 2.31 bits per heavy atom. The van der Waals surface area contributed by atoms with Crippen LogP contribution >= 0.6 is 11.3 Å². The first-order chi connectivity index (χ1) is 13.6. The van der Waals surface area contributed by atoms with E-state index in [1.807, 2.05) is 6.92 Å². The van der Waals surface area contributed by atoms with Crippen molar-refractivity contribution >= 4 is 39.2 Å². The van der Waals surface area contributed by atoms with Crippen molar-refractivity contribution in [2.45, 2.75) is 31.6 Å². The normalized spacial score (nSPS) is 18.8. The molecule has 2 aliphatic heterocycles. The zero-order valence-electron chi connectivity index (χ0n) is 16.9. The van der Waals surface area contributed by atoms with Crippen molar-refractivity contribution in [3.63, 3.8) is 0 Å². The van der Waals surface area contributed by atoms with E-state index in [4.69, 9.17) is 0 Å². The average Bonchev–Trinajstić information content (AvgIpc) is 3.14. The van der Waals surface area contributed by atoms with Crippen LogP contribution in [0.2, 0.25) is 0 Å². The molecule has 0 bridgehead atoms. The summed E-state index contributed by atoms with van der Waals surface area (Å²) in [6.07, 6.45) is 0.617. The lowest BCUT2D eigenvalue weighted by atomic mass is 10.2. The number of piperazine rings is 1. The van der Waals surface area contributed by atoms with Crippen LogP contribution < -0.4 is 0 Å². The maximum Gasteiger partial charge on any atom is 0.326 e. The highest BCUT2D eigenvalue weighted by atomic mass is 32.2. The number of thiophene rings is 1. The van der Waals surface area contributed by atoms with Gasteiger partial charge in [-0.3, -0.25) is 14.5 Å². The van der Waals surface area contributed by atoms with E-state index >= 15 is 0 Å². The van der Waals surface area contributed by atoms with Crippen LogP contribution in [0.5, 0.6) is 0 Å². The molecule has 1 aromatic rings. The van der Waals surface area contributed by atoms with Gasteiger partial charge in [-0.25, -0.2) is 13.2 Å². The summed E-state index contributed by atoms with van der Waals surface area (Å²) in [6, 6.07) is 1.37. The fourth-order valence-corrected chi connectivity index (χ4v) is 6.56. The van der Waals surface area contributed by atoms with Crippen molar-refractivity contribution in [3.05, 3.63) is 15.8 Å². The molecular formula is C18H26N4O5S2. The molecule has 11 heteroatoms. The molecule has 2 fully saturated rings. The van der Waals surface area contributed by atoms with E-state index in [0.717, 1.165) is 9.75 Å². The maximum atomic E-state index is 12.9. The second kappa shape index (κ2) is 8.41. The van der Waals surface area contributed by atoms with Gasteiger partial charge in [-0.1, -0.05) is 0 Å². The molecule has 0 unspecified atom stereocenters. The average molecular weight is 443 g/mol. The fourth-order valence-electron chi connectivity index (χ4n) is 3.62. The molecule has 160 valence electrons. The van der Waals surface area contributed by atoms with E-state index < -0.39 is 10.0 Å². The lowest BCUT2D eigenvalue weighted by molar-refractivity contribution is -0.133. The molecular weight excluding hydrogens is 416 g/mol. The third-order valence-corrected chi connectivity index (χ3v) is 8.33. The lowest BCUT2D eigenvalue weighted by Gasteiger charge is -2.34. The van der Waals surface area contributed by atoms with Crippen LogP contribution in [0.3, 0.4) is 0 Å². The molecule has 3 rings (SSSR count). The van der Waals surface area contributed by atoms with Gasteiger partial charge in [-0.05, 0) is 26.3 Å². The van der Waals surface area contributed by atoms with Crippen molar-refractivity contribution in [1.29, 1.82) is 0 Å². The van der Waals surface area contributed by atoms with Gasteiger partial charge in [0.15, 0.2) is 0 Å². The molecule has 29 heavy (non-hydrogen) atoms. The minimum Gasteiger partial charge on any atom is -0.340 e. The van der Waals surface area contributed by atoms with Crippen LogP contribution in [0.4, 0.5) is 4.79 Å². The van der Waals surface area contributed by atoms with E-state index in [1.165, 1.54) is 25.4 Å². The summed E-state index contributed by atoms with van der Waals surface area (Å²) in [5.41, 5.74) is 0. The zero-order chi connectivity index (χ0) is 21.3. The van der Waals surface area contributed by atoms with E-state index in [1.54, 1.807) is 24.9 Å². The molecule has 0 N–H and O–H groups in total. The molecule has 0 atom stereocenters. The predicted octanol–water partition coefficient (Wildman–Crippen LogP) is 0.872. The number of imide groups is 1. The molecule has 4 amide bonds. The van der Waals surface area contributed by atoms with Crippen LogP contribution in [-0.4, -0.2) is 91.6 Å². The quantitative estimate of drug-likeness (QED) is 0.609. The van der Waals surface area contributed by atoms with Gasteiger partial charge >= 0.3 is 6.03 Å². The molecule has 9 nitrogen and oxygen atoms in total. The van der Waals surface area contributed by atoms with E-state index in [2.05, 4.69) is 0 Å². The van der Waals surface area contributed by atoms with Crippen LogP contribution in [0.1, 0.15) is 22.6 Å². The van der Waals surface area contributed by atoms with Gasteiger partial charge in [0.1, 0.15) is 6.54 Å². The Balaban J connectivity index is 1.49. The van der Waals surface area contributed by atoms with Gasteiger partial charge in [0.25, 0.3) is 0 Å². The molecule has 0 spiro atoms. The Morgan fingerprint density at radius 1 is 1.14 bits per heavy atom. The lowest BCUT2D eigenvalue weighted by Crippen LogP contribution is -2.50. The van der Waals surface area contributed by atoms with Gasteiger partial charge in [0, 0.05) is 55.9 Å². The van der Waals surface area contributed by atoms with Gasteiger partial charge < -0.3 is 9.80 Å². The summed E-state index contributed by atoms with van der Waals surface area (Å²) in [4.78, 5) is 42.3. The minimum atomic E-state index is -3.55. The second-order valence-electron chi connectivity index (χ2n) is 7.35. The van der Waals surface area contributed by atoms with E-state index in [0.29, 0.717) is 24.4 Å². The maximum absolute atomic E-state index is 12.9. The number of nitrogens with zero attached hydrogens (tertiary/aromatic N) is 4. The summed E-state index contributed by atoms with van der Waals surface area (Å²) in [5.74, 6) is -0.334. The monoisotopic (exact) mass is 442 g/mol. The van der Waals surface area contributed by atoms with Crippen LogP contribution in [-0.2, 0) is 19.6 Å². The molecule has 3 heterocycles. The number of sulfonamides is 1. The minimum absolute atomic E-state index is 0.0757.